The molecule has 0 saturated heterocycles. The van der Waals surface area contributed by atoms with Crippen LogP contribution in [0.1, 0.15) is 52.0 Å². The molecule has 0 unspecified atom stereocenters. The van der Waals surface area contributed by atoms with Crippen molar-refractivity contribution < 1.29 is 18.7 Å². The fourth-order valence-corrected chi connectivity index (χ4v) is 5.41. The number of primary amides is 1. The van der Waals surface area contributed by atoms with Crippen molar-refractivity contribution in [2.45, 2.75) is 39.2 Å². The maximum Gasteiger partial charge on any atom is 0.325 e. The molecular weight excluding hydrogens is 515 g/mol. The molecule has 3 aromatic carbocycles. The van der Waals surface area contributed by atoms with Crippen molar-refractivity contribution in [3.63, 3.8) is 0 Å². The van der Waals surface area contributed by atoms with E-state index in [0.717, 1.165) is 40.9 Å². The normalized spacial score (nSPS) is 12.7. The van der Waals surface area contributed by atoms with Gasteiger partial charge in [-0.15, -0.1) is 0 Å². The van der Waals surface area contributed by atoms with E-state index in [1.54, 1.807) is 13.0 Å². The summed E-state index contributed by atoms with van der Waals surface area (Å²) < 4.78 is 20.2. The molecule has 1 heterocycles. The number of aromatic nitrogens is 1. The number of ether oxygens (including phenoxy) is 1. The third-order valence-electron chi connectivity index (χ3n) is 6.56. The van der Waals surface area contributed by atoms with Crippen LogP contribution in [0, 0.1) is 12.7 Å². The molecule has 3 N–H and O–H groups in total. The second kappa shape index (κ2) is 11.2. The Hall–Kier alpha value is -4.24. The molecule has 7 nitrogen and oxygen atoms in total. The minimum atomic E-state index is -0.722. The highest BCUT2D eigenvalue weighted by Crippen LogP contribution is 2.43. The summed E-state index contributed by atoms with van der Waals surface area (Å²) in [6, 6.07) is 19.2. The van der Waals surface area contributed by atoms with Crippen molar-refractivity contribution in [3.05, 3.63) is 94.1 Å². The minimum Gasteiger partial charge on any atom is -0.491 e. The molecule has 0 bridgehead atoms. The summed E-state index contributed by atoms with van der Waals surface area (Å²) >= 11 is 1.04. The van der Waals surface area contributed by atoms with Crippen LogP contribution < -0.4 is 20.7 Å². The maximum absolute atomic E-state index is 14.8. The summed E-state index contributed by atoms with van der Waals surface area (Å²) in [7, 11) is 0. The maximum atomic E-state index is 14.8. The first-order valence-electron chi connectivity index (χ1n) is 12.8. The van der Waals surface area contributed by atoms with E-state index < -0.39 is 11.8 Å². The lowest BCUT2D eigenvalue weighted by molar-refractivity contribution is 0.0955. The van der Waals surface area contributed by atoms with E-state index in [4.69, 9.17) is 10.5 Å². The van der Waals surface area contributed by atoms with Crippen molar-refractivity contribution in [2.75, 3.05) is 11.5 Å². The number of rotatable bonds is 9. The molecule has 3 amide bonds. The van der Waals surface area contributed by atoms with Gasteiger partial charge >= 0.3 is 6.03 Å². The minimum absolute atomic E-state index is 0.109. The van der Waals surface area contributed by atoms with Gasteiger partial charge in [0.25, 0.3) is 5.91 Å². The Labute approximate surface area is 230 Å². The van der Waals surface area contributed by atoms with E-state index in [-0.39, 0.29) is 27.4 Å². The van der Waals surface area contributed by atoms with Crippen molar-refractivity contribution in [2.24, 2.45) is 5.73 Å². The van der Waals surface area contributed by atoms with Crippen molar-refractivity contribution >= 4 is 34.1 Å². The number of nitrogens with one attached hydrogen (secondary N) is 1. The summed E-state index contributed by atoms with van der Waals surface area (Å²) in [5, 5.41) is 3.14. The first-order valence-corrected chi connectivity index (χ1v) is 13.6. The van der Waals surface area contributed by atoms with E-state index in [9.17, 15) is 14.0 Å². The Balaban J connectivity index is 1.57. The smallest absolute Gasteiger partial charge is 0.325 e. The molecule has 0 aliphatic heterocycles. The van der Waals surface area contributed by atoms with Crippen LogP contribution in [0.25, 0.3) is 11.3 Å². The van der Waals surface area contributed by atoms with Gasteiger partial charge in [-0.05, 0) is 73.6 Å². The molecule has 1 aliphatic rings. The van der Waals surface area contributed by atoms with Crippen LogP contribution in [0.4, 0.5) is 20.0 Å². The first-order chi connectivity index (χ1) is 18.9. The summed E-state index contributed by atoms with van der Waals surface area (Å²) in [4.78, 5) is 32.5. The van der Waals surface area contributed by atoms with Gasteiger partial charge in [-0.1, -0.05) is 53.8 Å². The Kier molecular flexibility index (Phi) is 7.60. The molecular formula is C30H29FN4O3S. The molecule has 9 heteroatoms. The predicted octanol–water partition coefficient (Wildman–Crippen LogP) is 6.68. The number of amides is 3. The van der Waals surface area contributed by atoms with Crippen molar-refractivity contribution in [1.82, 2.24) is 10.3 Å². The molecule has 0 atom stereocenters. The zero-order valence-corrected chi connectivity index (χ0v) is 22.6. The van der Waals surface area contributed by atoms with Crippen molar-refractivity contribution in [3.8, 4) is 17.0 Å². The van der Waals surface area contributed by atoms with Gasteiger partial charge in [0.1, 0.15) is 4.88 Å². The van der Waals surface area contributed by atoms with Gasteiger partial charge in [-0.25, -0.2) is 19.1 Å². The number of nitrogens with zero attached hydrogens (tertiary/aromatic N) is 2. The molecule has 1 saturated carbocycles. The van der Waals surface area contributed by atoms with E-state index in [1.165, 1.54) is 17.0 Å². The summed E-state index contributed by atoms with van der Waals surface area (Å²) in [6.45, 7) is 4.28. The Bertz CT molecular complexity index is 1520. The van der Waals surface area contributed by atoms with Crippen LogP contribution in [-0.4, -0.2) is 23.5 Å². The third-order valence-corrected chi connectivity index (χ3v) is 7.60. The zero-order valence-electron chi connectivity index (χ0n) is 21.7. The van der Waals surface area contributed by atoms with Gasteiger partial charge in [0.2, 0.25) is 0 Å². The van der Waals surface area contributed by atoms with Gasteiger partial charge in [0.05, 0.1) is 18.0 Å². The molecule has 1 fully saturated rings. The largest absolute Gasteiger partial charge is 0.491 e. The van der Waals surface area contributed by atoms with Crippen LogP contribution in [0.15, 0.2) is 66.7 Å². The molecule has 4 aromatic rings. The SMILES string of the molecule is CCOc1ccc(-c2nc(N(C(N)=O)c3cc(C4CC4)ccc3C)sc2C(=O)NCc2ccccc2)cc1F. The lowest BCUT2D eigenvalue weighted by atomic mass is 10.1. The van der Waals surface area contributed by atoms with E-state index >= 15 is 0 Å². The second-order valence-electron chi connectivity index (χ2n) is 9.41. The lowest BCUT2D eigenvalue weighted by Crippen LogP contribution is -2.32. The Morgan fingerprint density at radius 2 is 1.90 bits per heavy atom. The number of hydrogen-bond donors (Lipinski definition) is 2. The van der Waals surface area contributed by atoms with Crippen LogP contribution in [0.3, 0.4) is 0 Å². The zero-order chi connectivity index (χ0) is 27.5. The number of aryl methyl sites for hydroxylation is 1. The fraction of sp³-hybridized carbons (Fsp3) is 0.233. The van der Waals surface area contributed by atoms with E-state index in [1.807, 2.05) is 49.4 Å². The molecule has 200 valence electrons. The predicted molar refractivity (Wildman–Crippen MR) is 151 cm³/mol. The van der Waals surface area contributed by atoms with Crippen LogP contribution in [0.2, 0.25) is 0 Å². The summed E-state index contributed by atoms with van der Waals surface area (Å²) in [6.07, 6.45) is 2.21. The first kappa shape index (κ1) is 26.4. The average Bonchev–Trinajstić information content (AvgIpc) is 3.69. The van der Waals surface area contributed by atoms with Gasteiger partial charge < -0.3 is 15.8 Å². The Morgan fingerprint density at radius 3 is 2.56 bits per heavy atom. The van der Waals surface area contributed by atoms with Crippen LogP contribution in [0.5, 0.6) is 5.75 Å². The number of hydrogen-bond acceptors (Lipinski definition) is 5. The number of thiazole rings is 1. The molecule has 1 aromatic heterocycles. The van der Waals surface area contributed by atoms with Gasteiger partial charge in [0.15, 0.2) is 16.7 Å². The number of carbonyl (C=O) groups excluding carboxylic acids is 2. The van der Waals surface area contributed by atoms with E-state index in [2.05, 4.69) is 16.4 Å². The average molecular weight is 545 g/mol. The second-order valence-corrected chi connectivity index (χ2v) is 10.4. The van der Waals surface area contributed by atoms with Gasteiger partial charge in [0, 0.05) is 12.1 Å². The number of anilines is 2. The van der Waals surface area contributed by atoms with Gasteiger partial charge in [-0.3, -0.25) is 4.79 Å². The van der Waals surface area contributed by atoms with E-state index in [0.29, 0.717) is 30.3 Å². The number of carbonyl (C=O) groups is 2. The Morgan fingerprint density at radius 1 is 1.13 bits per heavy atom. The highest BCUT2D eigenvalue weighted by molar-refractivity contribution is 7.18. The summed E-state index contributed by atoms with van der Waals surface area (Å²) in [5.74, 6) is -0.380. The van der Waals surface area contributed by atoms with Crippen LogP contribution >= 0.6 is 11.3 Å². The highest BCUT2D eigenvalue weighted by Gasteiger charge is 2.29. The summed E-state index contributed by atoms with van der Waals surface area (Å²) in [5.41, 5.74) is 10.0. The third kappa shape index (κ3) is 5.78. The van der Waals surface area contributed by atoms with Crippen molar-refractivity contribution in [1.29, 1.82) is 0 Å². The highest BCUT2D eigenvalue weighted by atomic mass is 32.1. The molecule has 39 heavy (non-hydrogen) atoms. The number of urea groups is 1. The lowest BCUT2D eigenvalue weighted by Gasteiger charge is -2.20. The quantitative estimate of drug-likeness (QED) is 0.246. The molecule has 0 radical (unpaired) electrons. The number of nitrogens with two attached hydrogens (primary N) is 1. The fourth-order valence-electron chi connectivity index (χ4n) is 4.39. The molecule has 1 aliphatic carbocycles. The number of halogens is 1. The molecule has 0 spiro atoms. The topological polar surface area (TPSA) is 97.5 Å². The van der Waals surface area contributed by atoms with Crippen LogP contribution in [-0.2, 0) is 6.54 Å². The standard InChI is InChI=1S/C30H29FN4O3S/c1-3-38-25-14-13-22(15-23(25)31)26-27(28(36)33-17-19-7-5-4-6-8-19)39-30(34-26)35(29(32)37)24-16-21(20-11-12-20)10-9-18(24)2/h4-10,13-16,20H,3,11-12,17H2,1-2H3,(H2,32,37)(H,33,36). The molecule has 5 rings (SSSR count). The van der Waals surface area contributed by atoms with Gasteiger partial charge in [-0.2, -0.15) is 0 Å². The monoisotopic (exact) mass is 544 g/mol. The number of benzene rings is 3.